The van der Waals surface area contributed by atoms with Gasteiger partial charge in [-0.15, -0.1) is 0 Å². The van der Waals surface area contributed by atoms with Crippen molar-refractivity contribution in [3.8, 4) is 28.4 Å². The molecule has 3 aliphatic heterocycles. The van der Waals surface area contributed by atoms with Crippen LogP contribution < -0.4 is 30.3 Å². The van der Waals surface area contributed by atoms with Crippen LogP contribution in [0.15, 0.2) is 78.9 Å². The van der Waals surface area contributed by atoms with E-state index in [1.54, 1.807) is 12.1 Å². The summed E-state index contributed by atoms with van der Waals surface area (Å²) in [6, 6.07) is 23.9. The fourth-order valence-electron chi connectivity index (χ4n) is 7.64. The van der Waals surface area contributed by atoms with E-state index in [2.05, 4.69) is 20.9 Å². The number of phenolic OH excluding ortho intramolecular Hbond substituents is 1. The number of piperidine rings is 1. The van der Waals surface area contributed by atoms with Crippen LogP contribution in [0.5, 0.6) is 17.2 Å². The fourth-order valence-corrected chi connectivity index (χ4v) is 7.64. The molecule has 0 bridgehead atoms. The predicted octanol–water partition coefficient (Wildman–Crippen LogP) is 5.73. The number of likely N-dealkylation sites (tertiary alicyclic amines) is 1. The number of aliphatic hydroxyl groups is 1. The lowest BCUT2D eigenvalue weighted by atomic mass is 10.0. The van der Waals surface area contributed by atoms with Gasteiger partial charge in [-0.3, -0.25) is 15.0 Å². The molecule has 3 aliphatic rings. The minimum absolute atomic E-state index is 0.130. The average molecular weight is 752 g/mol. The second-order valence-electron chi connectivity index (χ2n) is 13.9. The number of rotatable bonds is 12. The van der Waals surface area contributed by atoms with Gasteiger partial charge in [0.1, 0.15) is 23.3 Å². The van der Waals surface area contributed by atoms with E-state index >= 15 is 0 Å². The summed E-state index contributed by atoms with van der Waals surface area (Å²) in [5.41, 5.74) is 5.46. The van der Waals surface area contributed by atoms with Gasteiger partial charge in [0.25, 0.3) is 5.91 Å². The number of carboxylic acid groups (broad SMARTS) is 1. The van der Waals surface area contributed by atoms with Crippen molar-refractivity contribution in [1.29, 1.82) is 0 Å². The Labute approximate surface area is 318 Å². The summed E-state index contributed by atoms with van der Waals surface area (Å²) in [6.45, 7) is 2.40. The Kier molecular flexibility index (Phi) is 11.4. The lowest BCUT2D eigenvalue weighted by Crippen LogP contribution is -2.42. The van der Waals surface area contributed by atoms with Crippen LogP contribution in [0, 0.1) is 0 Å². The Morgan fingerprint density at radius 1 is 1.04 bits per heavy atom. The van der Waals surface area contributed by atoms with E-state index in [-0.39, 0.29) is 42.5 Å². The van der Waals surface area contributed by atoms with Crippen LogP contribution >= 0.6 is 0 Å². The molecule has 6 N–H and O–H groups in total. The monoisotopic (exact) mass is 751 g/mol. The van der Waals surface area contributed by atoms with Crippen LogP contribution in [-0.4, -0.2) is 90.4 Å². The number of hydrogen-bond donors (Lipinski definition) is 6. The molecule has 0 radical (unpaired) electrons. The second-order valence-corrected chi connectivity index (χ2v) is 13.9. The number of hydrogen-bond acceptors (Lipinski definition) is 10. The highest BCUT2D eigenvalue weighted by molar-refractivity contribution is 5.97. The Hall–Kier alpha value is -5.83. The Morgan fingerprint density at radius 3 is 2.56 bits per heavy atom. The zero-order valence-corrected chi connectivity index (χ0v) is 30.5. The number of nitrogens with one attached hydrogen (secondary N) is 3. The van der Waals surface area contributed by atoms with Crippen LogP contribution in [0.1, 0.15) is 42.1 Å². The van der Waals surface area contributed by atoms with E-state index in [9.17, 15) is 29.7 Å². The number of aliphatic hydroxyl groups excluding tert-OH is 1. The first-order valence-corrected chi connectivity index (χ1v) is 18.4. The highest BCUT2D eigenvalue weighted by Gasteiger charge is 2.36. The molecule has 2 atom stereocenters. The van der Waals surface area contributed by atoms with Crippen LogP contribution in [-0.2, 0) is 22.5 Å². The molecule has 7 rings (SSSR count). The number of amides is 3. The Morgan fingerprint density at radius 2 is 1.80 bits per heavy atom. The van der Waals surface area contributed by atoms with Crippen LogP contribution in [0.2, 0.25) is 0 Å². The van der Waals surface area contributed by atoms with Gasteiger partial charge in [0.2, 0.25) is 0 Å². The van der Waals surface area contributed by atoms with Crippen molar-refractivity contribution in [1.82, 2.24) is 10.2 Å². The van der Waals surface area contributed by atoms with E-state index in [4.69, 9.17) is 14.2 Å². The molecule has 0 saturated carbocycles. The molecule has 55 heavy (non-hydrogen) atoms. The molecule has 1 saturated heterocycles. The number of carbonyl (C=O) groups is 3. The number of anilines is 3. The topological polar surface area (TPSA) is 182 Å². The maximum atomic E-state index is 12.9. The summed E-state index contributed by atoms with van der Waals surface area (Å²) in [5.74, 6) is 0.206. The second kappa shape index (κ2) is 16.7. The van der Waals surface area contributed by atoms with Crippen molar-refractivity contribution in [2.24, 2.45) is 0 Å². The van der Waals surface area contributed by atoms with Crippen molar-refractivity contribution in [2.45, 2.75) is 50.5 Å². The Balaban J connectivity index is 0.909. The van der Waals surface area contributed by atoms with Crippen molar-refractivity contribution in [3.05, 3.63) is 95.6 Å². The number of ether oxygens (including phenoxy) is 3. The molecule has 3 amide bonds. The molecule has 0 aliphatic carbocycles. The van der Waals surface area contributed by atoms with Crippen molar-refractivity contribution in [3.63, 3.8) is 0 Å². The largest absolute Gasteiger partial charge is 0.506 e. The van der Waals surface area contributed by atoms with Crippen molar-refractivity contribution in [2.75, 3.05) is 55.4 Å². The third-order valence-corrected chi connectivity index (χ3v) is 10.4. The lowest BCUT2D eigenvalue weighted by Gasteiger charge is -2.33. The molecule has 3 heterocycles. The summed E-state index contributed by atoms with van der Waals surface area (Å²) in [4.78, 5) is 40.9. The van der Waals surface area contributed by atoms with Crippen LogP contribution in [0.25, 0.3) is 11.1 Å². The van der Waals surface area contributed by atoms with Crippen LogP contribution in [0.4, 0.5) is 26.7 Å². The molecule has 1 fully saturated rings. The predicted molar refractivity (Wildman–Crippen MR) is 206 cm³/mol. The lowest BCUT2D eigenvalue weighted by molar-refractivity contribution is -0.118. The summed E-state index contributed by atoms with van der Waals surface area (Å²) in [6.07, 6.45) is -0.181. The standard InChI is InChI=1S/C41H45N5O9/c1-53-36-21-33-26(19-27(36)22-42-23-35(48)31-11-12-34(47)38-39(31)54-24-37(49)44-38)20-28(46(33)41(51)52)13-16-45-17-14-29(15-18-45)55-40(50)43-32-10-6-5-9-30(32)25-7-3-2-4-8-25/h2-12,19,21,28-29,35,42,47-48H,13-18,20,22-24H2,1H3,(H,43,50)(H,44,49)(H,51,52)/t28?,35-/m0/s1. The molecule has 288 valence electrons. The third kappa shape index (κ3) is 8.46. The smallest absolute Gasteiger partial charge is 0.412 e. The molecule has 1 unspecified atom stereocenters. The van der Waals surface area contributed by atoms with Crippen molar-refractivity contribution < 1.29 is 43.9 Å². The molecule has 4 aromatic rings. The molecule has 14 nitrogen and oxygen atoms in total. The van der Waals surface area contributed by atoms with Gasteiger partial charge in [-0.25, -0.2) is 9.59 Å². The van der Waals surface area contributed by atoms with E-state index in [1.165, 1.54) is 18.1 Å². The van der Waals surface area contributed by atoms with E-state index in [0.29, 0.717) is 61.5 Å². The van der Waals surface area contributed by atoms with Gasteiger partial charge < -0.3 is 45.1 Å². The number of nitrogens with zero attached hydrogens (tertiary/aromatic N) is 2. The highest BCUT2D eigenvalue weighted by atomic mass is 16.6. The number of para-hydroxylation sites is 1. The van der Waals surface area contributed by atoms with Crippen LogP contribution in [0.3, 0.4) is 0 Å². The zero-order valence-electron chi connectivity index (χ0n) is 30.5. The number of carbonyl (C=O) groups excluding carboxylic acids is 2. The van der Waals surface area contributed by atoms with Gasteiger partial charge in [0.15, 0.2) is 12.4 Å². The average Bonchev–Trinajstić information content (AvgIpc) is 3.55. The molecule has 0 aromatic heterocycles. The van der Waals surface area contributed by atoms with Gasteiger partial charge in [0.05, 0.1) is 24.6 Å². The summed E-state index contributed by atoms with van der Waals surface area (Å²) in [7, 11) is 1.53. The number of phenols is 1. The van der Waals surface area contributed by atoms with Gasteiger partial charge >= 0.3 is 12.2 Å². The highest BCUT2D eigenvalue weighted by Crippen LogP contribution is 2.42. The zero-order chi connectivity index (χ0) is 38.5. The normalized spacial score (nSPS) is 17.4. The van der Waals surface area contributed by atoms with Crippen molar-refractivity contribution >= 4 is 35.2 Å². The van der Waals surface area contributed by atoms with Gasteiger partial charge in [-0.2, -0.15) is 0 Å². The number of aromatic hydroxyl groups is 1. The quantitative estimate of drug-likeness (QED) is 0.0973. The number of benzene rings is 4. The first kappa shape index (κ1) is 37.5. The molecular formula is C41H45N5O9. The van der Waals surface area contributed by atoms with Gasteiger partial charge in [-0.1, -0.05) is 48.5 Å². The molecular weight excluding hydrogens is 706 g/mol. The fraction of sp³-hybridized carbons (Fsp3) is 0.341. The SMILES string of the molecule is COc1cc2c(cc1CNC[C@H](O)c1ccc(O)c3c1OCC(=O)N3)CC(CCN1CCC(OC(=O)Nc3ccccc3-c3ccccc3)CC1)N2C(=O)O. The Bertz CT molecular complexity index is 2040. The minimum atomic E-state index is -1.03. The molecule has 0 spiro atoms. The summed E-state index contributed by atoms with van der Waals surface area (Å²) < 4.78 is 17.0. The first-order valence-electron chi connectivity index (χ1n) is 18.4. The number of methoxy groups -OCH3 is 1. The van der Waals surface area contributed by atoms with Gasteiger partial charge in [-0.05, 0) is 61.1 Å². The van der Waals surface area contributed by atoms with E-state index in [0.717, 1.165) is 35.3 Å². The summed E-state index contributed by atoms with van der Waals surface area (Å²) in [5, 5.41) is 40.1. The molecule has 14 heteroatoms. The maximum absolute atomic E-state index is 12.9. The van der Waals surface area contributed by atoms with E-state index in [1.807, 2.05) is 60.7 Å². The molecule has 4 aromatic carbocycles. The van der Waals surface area contributed by atoms with E-state index < -0.39 is 24.2 Å². The third-order valence-electron chi connectivity index (χ3n) is 10.4. The minimum Gasteiger partial charge on any atom is -0.506 e. The maximum Gasteiger partial charge on any atom is 0.412 e. The first-order chi connectivity index (χ1) is 26.7. The van der Waals surface area contributed by atoms with Gasteiger partial charge in [0, 0.05) is 61.5 Å². The summed E-state index contributed by atoms with van der Waals surface area (Å²) >= 11 is 0. The number of fused-ring (bicyclic) bond motifs is 2.